The second-order valence-corrected chi connectivity index (χ2v) is 7.57. The van der Waals surface area contributed by atoms with Gasteiger partial charge in [0.2, 0.25) is 11.8 Å². The fraction of sp³-hybridized carbons (Fsp3) is 0.364. The molecule has 0 saturated heterocycles. The lowest BCUT2D eigenvalue weighted by Gasteiger charge is -2.31. The highest BCUT2D eigenvalue weighted by Gasteiger charge is 2.29. The summed E-state index contributed by atoms with van der Waals surface area (Å²) >= 11 is 12.1. The summed E-state index contributed by atoms with van der Waals surface area (Å²) in [6.07, 6.45) is 1.09. The number of hydrogen-bond acceptors (Lipinski definition) is 2. The predicted octanol–water partition coefficient (Wildman–Crippen LogP) is 5.01. The summed E-state index contributed by atoms with van der Waals surface area (Å²) in [4.78, 5) is 27.3. The standard InChI is InChI=1S/C22H25Cl2FN2O2/c1-3-11-26-22(29)20(4-2)27(14-15-9-10-17(23)18(24)12-15)21(28)13-16-7-5-6-8-19(16)25/h5-10,12,20H,3-4,11,13-14H2,1-2H3,(H,26,29). The number of hydrogen-bond donors (Lipinski definition) is 1. The van der Waals surface area contributed by atoms with Crippen LogP contribution in [0, 0.1) is 5.82 Å². The molecule has 0 spiro atoms. The molecule has 0 fully saturated rings. The van der Waals surface area contributed by atoms with Gasteiger partial charge in [-0.05, 0) is 42.2 Å². The molecule has 2 rings (SSSR count). The Morgan fingerprint density at radius 1 is 1.10 bits per heavy atom. The molecule has 0 aliphatic rings. The lowest BCUT2D eigenvalue weighted by molar-refractivity contribution is -0.141. The van der Waals surface area contributed by atoms with E-state index in [1.54, 1.807) is 36.4 Å². The number of halogens is 3. The van der Waals surface area contributed by atoms with Crippen molar-refractivity contribution in [2.75, 3.05) is 6.54 Å². The summed E-state index contributed by atoms with van der Waals surface area (Å²) < 4.78 is 14.1. The lowest BCUT2D eigenvalue weighted by atomic mass is 10.1. The van der Waals surface area contributed by atoms with E-state index in [1.165, 1.54) is 11.0 Å². The van der Waals surface area contributed by atoms with Crippen LogP contribution in [0.1, 0.15) is 37.8 Å². The highest BCUT2D eigenvalue weighted by Crippen LogP contribution is 2.24. The molecule has 2 amide bonds. The van der Waals surface area contributed by atoms with Crippen LogP contribution >= 0.6 is 23.2 Å². The molecule has 0 aliphatic carbocycles. The Morgan fingerprint density at radius 2 is 1.83 bits per heavy atom. The van der Waals surface area contributed by atoms with Crippen LogP contribution in [0.5, 0.6) is 0 Å². The molecular formula is C22H25Cl2FN2O2. The highest BCUT2D eigenvalue weighted by atomic mass is 35.5. The summed E-state index contributed by atoms with van der Waals surface area (Å²) in [6.45, 7) is 4.49. The third-order valence-corrected chi connectivity index (χ3v) is 5.31. The second-order valence-electron chi connectivity index (χ2n) is 6.75. The fourth-order valence-electron chi connectivity index (χ4n) is 3.03. The van der Waals surface area contributed by atoms with E-state index in [9.17, 15) is 14.0 Å². The molecule has 0 bridgehead atoms. The van der Waals surface area contributed by atoms with Crippen molar-refractivity contribution in [3.05, 3.63) is 69.5 Å². The van der Waals surface area contributed by atoms with E-state index in [1.807, 2.05) is 13.8 Å². The van der Waals surface area contributed by atoms with Crippen LogP contribution in [0.2, 0.25) is 10.0 Å². The van der Waals surface area contributed by atoms with Gasteiger partial charge < -0.3 is 10.2 Å². The van der Waals surface area contributed by atoms with Crippen LogP contribution in [-0.2, 0) is 22.6 Å². The third kappa shape index (κ3) is 6.44. The predicted molar refractivity (Wildman–Crippen MR) is 114 cm³/mol. The molecule has 0 saturated carbocycles. The third-order valence-electron chi connectivity index (χ3n) is 4.57. The quantitative estimate of drug-likeness (QED) is 0.597. The molecule has 0 radical (unpaired) electrons. The first-order valence-corrected chi connectivity index (χ1v) is 10.4. The molecule has 156 valence electrons. The van der Waals surface area contributed by atoms with Gasteiger partial charge in [-0.1, -0.05) is 61.3 Å². The van der Waals surface area contributed by atoms with Gasteiger partial charge in [0.05, 0.1) is 16.5 Å². The average molecular weight is 439 g/mol. The first-order valence-electron chi connectivity index (χ1n) is 9.61. The number of carbonyl (C=O) groups is 2. The Morgan fingerprint density at radius 3 is 2.45 bits per heavy atom. The van der Waals surface area contributed by atoms with Crippen molar-refractivity contribution in [2.24, 2.45) is 0 Å². The zero-order chi connectivity index (χ0) is 21.4. The van der Waals surface area contributed by atoms with Crippen LogP contribution in [0.3, 0.4) is 0 Å². The van der Waals surface area contributed by atoms with Crippen LogP contribution < -0.4 is 5.32 Å². The van der Waals surface area contributed by atoms with E-state index < -0.39 is 11.9 Å². The topological polar surface area (TPSA) is 49.4 Å². The van der Waals surface area contributed by atoms with Crippen molar-refractivity contribution in [3.8, 4) is 0 Å². The number of nitrogens with one attached hydrogen (secondary N) is 1. The number of amides is 2. The van der Waals surface area contributed by atoms with Crippen molar-refractivity contribution in [3.63, 3.8) is 0 Å². The first kappa shape index (κ1) is 23.2. The molecule has 0 heterocycles. The van der Waals surface area contributed by atoms with Crippen molar-refractivity contribution in [2.45, 2.75) is 45.7 Å². The van der Waals surface area contributed by atoms with E-state index in [2.05, 4.69) is 5.32 Å². The fourth-order valence-corrected chi connectivity index (χ4v) is 3.35. The molecule has 1 atom stereocenters. The Labute approximate surface area is 181 Å². The molecule has 0 aliphatic heterocycles. The number of carbonyl (C=O) groups excluding carboxylic acids is 2. The van der Waals surface area contributed by atoms with Crippen molar-refractivity contribution < 1.29 is 14.0 Å². The van der Waals surface area contributed by atoms with Crippen LogP contribution in [0.15, 0.2) is 42.5 Å². The van der Waals surface area contributed by atoms with E-state index in [0.29, 0.717) is 28.6 Å². The number of rotatable bonds is 9. The summed E-state index contributed by atoms with van der Waals surface area (Å²) in [5.74, 6) is -1.00. The van der Waals surface area contributed by atoms with Gasteiger partial charge in [0.25, 0.3) is 0 Å². The van der Waals surface area contributed by atoms with E-state index in [-0.39, 0.29) is 24.8 Å². The SMILES string of the molecule is CCCNC(=O)C(CC)N(Cc1ccc(Cl)c(Cl)c1)C(=O)Cc1ccccc1F. The van der Waals surface area contributed by atoms with Gasteiger partial charge in [0.1, 0.15) is 11.9 Å². The summed E-state index contributed by atoms with van der Waals surface area (Å²) in [6, 6.07) is 10.6. The van der Waals surface area contributed by atoms with Crippen LogP contribution in [0.25, 0.3) is 0 Å². The second kappa shape index (κ2) is 11.2. The van der Waals surface area contributed by atoms with Crippen LogP contribution in [0.4, 0.5) is 4.39 Å². The van der Waals surface area contributed by atoms with E-state index >= 15 is 0 Å². The molecule has 1 N–H and O–H groups in total. The first-order chi connectivity index (χ1) is 13.9. The Balaban J connectivity index is 2.32. The largest absolute Gasteiger partial charge is 0.354 e. The Bertz CT molecular complexity index is 860. The van der Waals surface area contributed by atoms with Crippen molar-refractivity contribution in [1.82, 2.24) is 10.2 Å². The minimum Gasteiger partial charge on any atom is -0.354 e. The molecule has 29 heavy (non-hydrogen) atoms. The number of benzene rings is 2. The molecule has 4 nitrogen and oxygen atoms in total. The monoisotopic (exact) mass is 438 g/mol. The molecule has 2 aromatic rings. The molecular weight excluding hydrogens is 414 g/mol. The van der Waals surface area contributed by atoms with Gasteiger partial charge in [-0.15, -0.1) is 0 Å². The smallest absolute Gasteiger partial charge is 0.242 e. The summed E-state index contributed by atoms with van der Waals surface area (Å²) in [5, 5.41) is 3.63. The highest BCUT2D eigenvalue weighted by molar-refractivity contribution is 6.42. The summed E-state index contributed by atoms with van der Waals surface area (Å²) in [7, 11) is 0. The van der Waals surface area contributed by atoms with Gasteiger partial charge in [0.15, 0.2) is 0 Å². The zero-order valence-corrected chi connectivity index (χ0v) is 18.1. The zero-order valence-electron chi connectivity index (χ0n) is 16.6. The van der Waals surface area contributed by atoms with E-state index in [0.717, 1.165) is 12.0 Å². The lowest BCUT2D eigenvalue weighted by Crippen LogP contribution is -2.49. The maximum atomic E-state index is 14.1. The minimum absolute atomic E-state index is 0.133. The average Bonchev–Trinajstić information content (AvgIpc) is 2.70. The minimum atomic E-state index is -0.671. The summed E-state index contributed by atoms with van der Waals surface area (Å²) in [5.41, 5.74) is 1.03. The number of nitrogens with zero attached hydrogens (tertiary/aromatic N) is 1. The molecule has 0 aromatic heterocycles. The van der Waals surface area contributed by atoms with Gasteiger partial charge in [-0.3, -0.25) is 9.59 Å². The van der Waals surface area contributed by atoms with E-state index in [4.69, 9.17) is 23.2 Å². The Kier molecular flexibility index (Phi) is 8.93. The van der Waals surface area contributed by atoms with Crippen molar-refractivity contribution in [1.29, 1.82) is 0 Å². The molecule has 2 aromatic carbocycles. The maximum absolute atomic E-state index is 14.1. The normalized spacial score (nSPS) is 11.8. The van der Waals surface area contributed by atoms with Crippen molar-refractivity contribution >= 4 is 35.0 Å². The molecule has 1 unspecified atom stereocenters. The molecule has 7 heteroatoms. The maximum Gasteiger partial charge on any atom is 0.242 e. The van der Waals surface area contributed by atoms with Gasteiger partial charge in [0, 0.05) is 13.1 Å². The van der Waals surface area contributed by atoms with Gasteiger partial charge in [-0.25, -0.2) is 4.39 Å². The van der Waals surface area contributed by atoms with Crippen LogP contribution in [-0.4, -0.2) is 29.3 Å². The van der Waals surface area contributed by atoms with Gasteiger partial charge >= 0.3 is 0 Å². The Hall–Kier alpha value is -2.11. The van der Waals surface area contributed by atoms with Gasteiger partial charge in [-0.2, -0.15) is 0 Å².